The quantitative estimate of drug-likeness (QED) is 0.752. The number of nitrogens with one attached hydrogen (secondary N) is 1. The summed E-state index contributed by atoms with van der Waals surface area (Å²) in [6, 6.07) is 4.37. The summed E-state index contributed by atoms with van der Waals surface area (Å²) >= 11 is 3.53. The molecule has 0 aromatic heterocycles. The molecule has 0 amide bonds. The first-order chi connectivity index (χ1) is 8.11. The zero-order valence-corrected chi connectivity index (χ0v) is 11.6. The molecule has 3 nitrogen and oxygen atoms in total. The van der Waals surface area contributed by atoms with Crippen LogP contribution in [0.5, 0.6) is 0 Å². The lowest BCUT2D eigenvalue weighted by atomic mass is 10.0. The van der Waals surface area contributed by atoms with Crippen LogP contribution in [-0.4, -0.2) is 17.8 Å². The molecule has 1 aromatic carbocycles. The van der Waals surface area contributed by atoms with Gasteiger partial charge in [0.2, 0.25) is 0 Å². The van der Waals surface area contributed by atoms with Crippen LogP contribution in [-0.2, 0) is 0 Å². The second-order valence-corrected chi connectivity index (χ2v) is 5.67. The molecule has 0 bridgehead atoms. The van der Waals surface area contributed by atoms with Crippen molar-refractivity contribution in [2.75, 3.05) is 17.7 Å². The molecule has 0 saturated heterocycles. The SMILES string of the molecule is Cc1cc(NC2CCCC2CO)c(Br)cc1N. The Hall–Kier alpha value is -0.740. The molecule has 1 aliphatic carbocycles. The Morgan fingerprint density at radius 2 is 2.24 bits per heavy atom. The number of hydrogen-bond donors (Lipinski definition) is 3. The Morgan fingerprint density at radius 1 is 1.47 bits per heavy atom. The number of anilines is 2. The first-order valence-electron chi connectivity index (χ1n) is 6.05. The van der Waals surface area contributed by atoms with Gasteiger partial charge in [-0.2, -0.15) is 0 Å². The van der Waals surface area contributed by atoms with Gasteiger partial charge in [-0.1, -0.05) is 6.42 Å². The minimum absolute atomic E-state index is 0.267. The van der Waals surface area contributed by atoms with E-state index in [1.165, 1.54) is 6.42 Å². The van der Waals surface area contributed by atoms with Gasteiger partial charge in [-0.15, -0.1) is 0 Å². The van der Waals surface area contributed by atoms with Crippen molar-refractivity contribution in [2.24, 2.45) is 5.92 Å². The molecule has 17 heavy (non-hydrogen) atoms. The highest BCUT2D eigenvalue weighted by Crippen LogP contribution is 2.33. The maximum atomic E-state index is 9.31. The molecule has 1 fully saturated rings. The molecule has 0 spiro atoms. The molecular weight excluding hydrogens is 280 g/mol. The Labute approximate surface area is 111 Å². The number of hydrogen-bond acceptors (Lipinski definition) is 3. The number of benzene rings is 1. The fraction of sp³-hybridized carbons (Fsp3) is 0.538. The van der Waals surface area contributed by atoms with Crippen LogP contribution in [0.15, 0.2) is 16.6 Å². The van der Waals surface area contributed by atoms with E-state index in [2.05, 4.69) is 27.3 Å². The molecule has 2 unspecified atom stereocenters. The van der Waals surface area contributed by atoms with Crippen molar-refractivity contribution in [3.8, 4) is 0 Å². The third kappa shape index (κ3) is 2.75. The largest absolute Gasteiger partial charge is 0.398 e. The van der Waals surface area contributed by atoms with Gasteiger partial charge in [-0.3, -0.25) is 0 Å². The van der Waals surface area contributed by atoms with Crippen molar-refractivity contribution < 1.29 is 5.11 Å². The van der Waals surface area contributed by atoms with Gasteiger partial charge in [0.15, 0.2) is 0 Å². The average molecular weight is 299 g/mol. The molecular formula is C13H19BrN2O. The number of aliphatic hydroxyl groups is 1. The van der Waals surface area contributed by atoms with Gasteiger partial charge < -0.3 is 16.2 Å². The van der Waals surface area contributed by atoms with Gasteiger partial charge in [-0.25, -0.2) is 0 Å². The molecule has 0 heterocycles. The number of aryl methyl sites for hydroxylation is 1. The number of nitrogen functional groups attached to an aromatic ring is 1. The summed E-state index contributed by atoms with van der Waals surface area (Å²) in [6.45, 7) is 2.27. The van der Waals surface area contributed by atoms with Crippen LogP contribution in [0.2, 0.25) is 0 Å². The van der Waals surface area contributed by atoms with E-state index in [0.717, 1.165) is 34.3 Å². The Bertz CT molecular complexity index is 409. The van der Waals surface area contributed by atoms with Crippen molar-refractivity contribution >= 4 is 27.3 Å². The molecule has 1 aromatic rings. The third-order valence-corrected chi connectivity index (χ3v) is 4.25. The summed E-state index contributed by atoms with van der Waals surface area (Å²) in [5.74, 6) is 0.375. The maximum absolute atomic E-state index is 9.31. The van der Waals surface area contributed by atoms with E-state index in [-0.39, 0.29) is 6.61 Å². The standard InChI is InChI=1S/C13H19BrN2O/c1-8-5-13(10(14)6-11(8)15)16-12-4-2-3-9(12)7-17/h5-6,9,12,16-17H,2-4,7,15H2,1H3. The average Bonchev–Trinajstić information content (AvgIpc) is 2.73. The molecule has 1 aliphatic rings. The smallest absolute Gasteiger partial charge is 0.0491 e. The van der Waals surface area contributed by atoms with Crippen LogP contribution in [0.3, 0.4) is 0 Å². The van der Waals surface area contributed by atoms with Gasteiger partial charge in [0, 0.05) is 34.4 Å². The second kappa shape index (κ2) is 5.27. The van der Waals surface area contributed by atoms with E-state index in [0.29, 0.717) is 12.0 Å². The van der Waals surface area contributed by atoms with Gasteiger partial charge in [0.25, 0.3) is 0 Å². The third-order valence-electron chi connectivity index (χ3n) is 3.59. The maximum Gasteiger partial charge on any atom is 0.0491 e. The molecule has 0 aliphatic heterocycles. The first-order valence-corrected chi connectivity index (χ1v) is 6.84. The van der Waals surface area contributed by atoms with Crippen LogP contribution in [0.1, 0.15) is 24.8 Å². The zero-order valence-electron chi connectivity index (χ0n) is 10.0. The van der Waals surface area contributed by atoms with E-state index in [1.807, 2.05) is 13.0 Å². The fourth-order valence-corrected chi connectivity index (χ4v) is 2.93. The summed E-state index contributed by atoms with van der Waals surface area (Å²) in [5.41, 5.74) is 8.80. The molecule has 2 atom stereocenters. The summed E-state index contributed by atoms with van der Waals surface area (Å²) in [5, 5.41) is 12.8. The monoisotopic (exact) mass is 298 g/mol. The van der Waals surface area contributed by atoms with Crippen LogP contribution < -0.4 is 11.1 Å². The Morgan fingerprint density at radius 3 is 2.94 bits per heavy atom. The number of rotatable bonds is 3. The molecule has 4 N–H and O–H groups in total. The fourth-order valence-electron chi connectivity index (χ4n) is 2.45. The minimum Gasteiger partial charge on any atom is -0.398 e. The molecule has 94 valence electrons. The van der Waals surface area contributed by atoms with Gasteiger partial charge in [0.1, 0.15) is 0 Å². The highest BCUT2D eigenvalue weighted by molar-refractivity contribution is 9.10. The predicted octanol–water partition coefficient (Wildman–Crippen LogP) is 2.91. The lowest BCUT2D eigenvalue weighted by Gasteiger charge is -2.21. The summed E-state index contributed by atoms with van der Waals surface area (Å²) in [7, 11) is 0. The Kier molecular flexibility index (Phi) is 3.94. The van der Waals surface area contributed by atoms with E-state index in [9.17, 15) is 5.11 Å². The second-order valence-electron chi connectivity index (χ2n) is 4.81. The van der Waals surface area contributed by atoms with Crippen molar-refractivity contribution in [1.29, 1.82) is 0 Å². The lowest BCUT2D eigenvalue weighted by Crippen LogP contribution is -2.26. The Balaban J connectivity index is 2.15. The molecule has 2 rings (SSSR count). The number of nitrogens with two attached hydrogens (primary N) is 1. The highest BCUT2D eigenvalue weighted by atomic mass is 79.9. The van der Waals surface area contributed by atoms with E-state index in [1.54, 1.807) is 0 Å². The van der Waals surface area contributed by atoms with Gasteiger partial charge >= 0.3 is 0 Å². The predicted molar refractivity (Wildman–Crippen MR) is 75.1 cm³/mol. The van der Waals surface area contributed by atoms with E-state index in [4.69, 9.17) is 5.73 Å². The van der Waals surface area contributed by atoms with Crippen molar-refractivity contribution in [3.05, 3.63) is 22.2 Å². The highest BCUT2D eigenvalue weighted by Gasteiger charge is 2.26. The van der Waals surface area contributed by atoms with Crippen LogP contribution in [0.25, 0.3) is 0 Å². The minimum atomic E-state index is 0.267. The summed E-state index contributed by atoms with van der Waals surface area (Å²) in [6.07, 6.45) is 3.43. The van der Waals surface area contributed by atoms with E-state index < -0.39 is 0 Å². The number of aliphatic hydroxyl groups excluding tert-OH is 1. The molecule has 1 saturated carbocycles. The lowest BCUT2D eigenvalue weighted by molar-refractivity contribution is 0.222. The topological polar surface area (TPSA) is 58.3 Å². The molecule has 0 radical (unpaired) electrons. The van der Waals surface area contributed by atoms with Crippen LogP contribution in [0.4, 0.5) is 11.4 Å². The number of halogens is 1. The van der Waals surface area contributed by atoms with Gasteiger partial charge in [0.05, 0.1) is 0 Å². The summed E-state index contributed by atoms with van der Waals surface area (Å²) < 4.78 is 0.990. The van der Waals surface area contributed by atoms with Crippen molar-refractivity contribution in [3.63, 3.8) is 0 Å². The van der Waals surface area contributed by atoms with Crippen molar-refractivity contribution in [2.45, 2.75) is 32.2 Å². The van der Waals surface area contributed by atoms with E-state index >= 15 is 0 Å². The zero-order chi connectivity index (χ0) is 12.4. The van der Waals surface area contributed by atoms with Crippen molar-refractivity contribution in [1.82, 2.24) is 0 Å². The van der Waals surface area contributed by atoms with Crippen LogP contribution in [0, 0.1) is 12.8 Å². The molecule has 4 heteroatoms. The van der Waals surface area contributed by atoms with Crippen LogP contribution >= 0.6 is 15.9 Å². The first kappa shape index (κ1) is 12.7. The summed E-state index contributed by atoms with van der Waals surface area (Å²) in [4.78, 5) is 0. The normalized spacial score (nSPS) is 23.9. The van der Waals surface area contributed by atoms with Gasteiger partial charge in [-0.05, 0) is 53.4 Å².